The van der Waals surface area contributed by atoms with Gasteiger partial charge in [-0.1, -0.05) is 74.5 Å². The van der Waals surface area contributed by atoms with Crippen molar-refractivity contribution in [3.63, 3.8) is 0 Å². The summed E-state index contributed by atoms with van der Waals surface area (Å²) < 4.78 is 5.54. The normalized spacial score (nSPS) is 21.6. The maximum Gasteiger partial charge on any atom is 0.413 e. The zero-order chi connectivity index (χ0) is 39.2. The summed E-state index contributed by atoms with van der Waals surface area (Å²) in [5.74, 6) is -4.61. The van der Waals surface area contributed by atoms with Crippen molar-refractivity contribution in [2.45, 2.75) is 64.2 Å². The minimum absolute atomic E-state index is 0.0139. The van der Waals surface area contributed by atoms with Gasteiger partial charge in [0.15, 0.2) is 0 Å². The Morgan fingerprint density at radius 2 is 1.28 bits per heavy atom. The molecule has 0 bridgehead atoms. The molecule has 15 nitrogen and oxygen atoms in total. The predicted molar refractivity (Wildman–Crippen MR) is 197 cm³/mol. The number of hydrogen-bond donors (Lipinski definition) is 7. The lowest BCUT2D eigenvalue weighted by molar-refractivity contribution is -0.134. The first-order valence-electron chi connectivity index (χ1n) is 17.4. The molecule has 0 fully saturated rings. The molecule has 0 saturated heterocycles. The number of para-hydroxylation sites is 1. The van der Waals surface area contributed by atoms with E-state index in [1.54, 1.807) is 60.7 Å². The van der Waals surface area contributed by atoms with Gasteiger partial charge in [0.1, 0.15) is 35.7 Å². The summed E-state index contributed by atoms with van der Waals surface area (Å²) in [5, 5.41) is 24.7. The molecule has 1 aliphatic rings. The Hall–Kier alpha value is -6.51. The van der Waals surface area contributed by atoms with Crippen molar-refractivity contribution in [3.05, 3.63) is 102 Å². The summed E-state index contributed by atoms with van der Waals surface area (Å²) in [7, 11) is 0. The molecule has 0 aliphatic carbocycles. The molecule has 284 valence electrons. The van der Waals surface area contributed by atoms with E-state index in [1.165, 1.54) is 31.2 Å². The number of fused-ring (bicyclic) bond motifs is 1. The molecular formula is C39H44N6O9. The number of phenols is 1. The number of ether oxygens (including phenoxy) is 1. The van der Waals surface area contributed by atoms with E-state index in [9.17, 15) is 38.7 Å². The average Bonchev–Trinajstić information content (AvgIpc) is 3.13. The van der Waals surface area contributed by atoms with Crippen LogP contribution in [0.15, 0.2) is 84.9 Å². The number of rotatable bonds is 6. The topological polar surface area (TPSA) is 221 Å². The van der Waals surface area contributed by atoms with Crippen molar-refractivity contribution in [2.24, 2.45) is 5.92 Å². The van der Waals surface area contributed by atoms with Crippen molar-refractivity contribution < 1.29 is 43.4 Å². The second-order valence-electron chi connectivity index (χ2n) is 13.1. The third-order valence-electron chi connectivity index (χ3n) is 8.22. The Labute approximate surface area is 312 Å². The standard InChI is InChI=1S/C39H44N6O9/c1-23(2)19-29-37(51)43-30(20-25-9-5-4-6-10-25)36(50)40-22-34(48)41-24(3)35(49)42-31(21-26-13-16-28(46)17-14-26)38(52)45-33(47)18-15-27-11-7-8-12-32(27)54-39(53)44-29/h4-18,23-24,29-31,46H,19-22H2,1-3H3,(H,40,50)(H,41,48)(H,42,49)(H,43,51)(H,44,53)(H,45,47,52)/b18-15-/t24-,29+,30+,31-/m0/s1. The molecule has 0 spiro atoms. The van der Waals surface area contributed by atoms with E-state index in [4.69, 9.17) is 4.74 Å². The fourth-order valence-electron chi connectivity index (χ4n) is 5.46. The van der Waals surface area contributed by atoms with Crippen LogP contribution in [0.25, 0.3) is 6.08 Å². The maximum absolute atomic E-state index is 13.7. The Morgan fingerprint density at radius 3 is 1.96 bits per heavy atom. The number of aromatic hydroxyl groups is 1. The van der Waals surface area contributed by atoms with Gasteiger partial charge in [0.05, 0.1) is 6.54 Å². The average molecular weight is 741 g/mol. The summed E-state index contributed by atoms with van der Waals surface area (Å²) in [6, 6.07) is 16.3. The van der Waals surface area contributed by atoms with Crippen molar-refractivity contribution in [3.8, 4) is 11.5 Å². The van der Waals surface area contributed by atoms with Gasteiger partial charge in [-0.2, -0.15) is 0 Å². The molecule has 4 atom stereocenters. The molecule has 3 aromatic carbocycles. The van der Waals surface area contributed by atoms with Crippen LogP contribution in [-0.2, 0) is 41.6 Å². The highest BCUT2D eigenvalue weighted by Crippen LogP contribution is 2.20. The number of benzene rings is 3. The van der Waals surface area contributed by atoms with Crippen LogP contribution in [0.3, 0.4) is 0 Å². The SMILES string of the molecule is CC(C)C[C@H]1NC(=O)Oc2ccccc2/C=C\C(=O)NC(=O)[C@H](Cc2ccc(O)cc2)NC(=O)[C@H](C)NC(=O)CNC(=O)[C@@H](Cc2ccccc2)NC1=O. The molecule has 0 unspecified atom stereocenters. The largest absolute Gasteiger partial charge is 0.508 e. The molecule has 0 saturated carbocycles. The molecule has 3 aromatic rings. The van der Waals surface area contributed by atoms with Gasteiger partial charge in [-0.25, -0.2) is 4.79 Å². The first-order valence-corrected chi connectivity index (χ1v) is 17.4. The van der Waals surface area contributed by atoms with Crippen LogP contribution >= 0.6 is 0 Å². The smallest absolute Gasteiger partial charge is 0.413 e. The summed E-state index contributed by atoms with van der Waals surface area (Å²) in [6.07, 6.45) is 1.55. The van der Waals surface area contributed by atoms with E-state index in [0.29, 0.717) is 11.1 Å². The van der Waals surface area contributed by atoms with Crippen molar-refractivity contribution >= 4 is 47.6 Å². The van der Waals surface area contributed by atoms with E-state index < -0.39 is 72.2 Å². The number of hydrogen-bond acceptors (Lipinski definition) is 9. The molecule has 7 amide bonds. The van der Waals surface area contributed by atoms with Crippen LogP contribution in [0.2, 0.25) is 0 Å². The lowest BCUT2D eigenvalue weighted by atomic mass is 10.0. The van der Waals surface area contributed by atoms with Crippen LogP contribution in [0, 0.1) is 5.92 Å². The quantitative estimate of drug-likeness (QED) is 0.182. The van der Waals surface area contributed by atoms with E-state index >= 15 is 0 Å². The highest BCUT2D eigenvalue weighted by atomic mass is 16.6. The van der Waals surface area contributed by atoms with Gasteiger partial charge >= 0.3 is 6.09 Å². The number of carbonyl (C=O) groups is 7. The van der Waals surface area contributed by atoms with Gasteiger partial charge in [0, 0.05) is 24.5 Å². The molecule has 0 aromatic heterocycles. The van der Waals surface area contributed by atoms with Gasteiger partial charge < -0.3 is 36.4 Å². The first kappa shape index (κ1) is 40.3. The molecule has 7 N–H and O–H groups in total. The molecule has 15 heteroatoms. The summed E-state index contributed by atoms with van der Waals surface area (Å²) in [6.45, 7) is 4.52. The van der Waals surface area contributed by atoms with E-state index in [2.05, 4.69) is 31.9 Å². The summed E-state index contributed by atoms with van der Waals surface area (Å²) in [5.41, 5.74) is 1.55. The maximum atomic E-state index is 13.7. The third kappa shape index (κ3) is 12.6. The van der Waals surface area contributed by atoms with Gasteiger partial charge in [-0.05, 0) is 54.7 Å². The Bertz CT molecular complexity index is 1860. The number of amides is 7. The van der Waals surface area contributed by atoms with Gasteiger partial charge in [0.25, 0.3) is 5.91 Å². The van der Waals surface area contributed by atoms with E-state index in [0.717, 1.165) is 6.08 Å². The Balaban J connectivity index is 1.65. The Morgan fingerprint density at radius 1 is 0.667 bits per heavy atom. The Kier molecular flexibility index (Phi) is 14.4. The highest BCUT2D eigenvalue weighted by molar-refractivity contribution is 6.05. The highest BCUT2D eigenvalue weighted by Gasteiger charge is 2.30. The van der Waals surface area contributed by atoms with Crippen LogP contribution in [-0.4, -0.2) is 77.4 Å². The number of nitrogens with one attached hydrogen (secondary N) is 6. The van der Waals surface area contributed by atoms with Crippen molar-refractivity contribution in [1.82, 2.24) is 31.9 Å². The number of carbonyl (C=O) groups excluding carboxylic acids is 7. The molecule has 0 radical (unpaired) electrons. The monoisotopic (exact) mass is 740 g/mol. The van der Waals surface area contributed by atoms with Crippen LogP contribution < -0.4 is 36.6 Å². The number of phenolic OH excluding ortho intramolecular Hbond substituents is 1. The molecule has 4 rings (SSSR count). The first-order chi connectivity index (χ1) is 25.8. The zero-order valence-electron chi connectivity index (χ0n) is 30.1. The zero-order valence-corrected chi connectivity index (χ0v) is 30.1. The van der Waals surface area contributed by atoms with Gasteiger partial charge in [-0.15, -0.1) is 0 Å². The van der Waals surface area contributed by atoms with Crippen LogP contribution in [0.4, 0.5) is 4.79 Å². The van der Waals surface area contributed by atoms with Gasteiger partial charge in [-0.3, -0.25) is 34.1 Å². The van der Waals surface area contributed by atoms with E-state index in [1.807, 2.05) is 13.8 Å². The summed E-state index contributed by atoms with van der Waals surface area (Å²) >= 11 is 0. The molecule has 54 heavy (non-hydrogen) atoms. The molecule has 1 aliphatic heterocycles. The lowest BCUT2D eigenvalue weighted by Crippen LogP contribution is -2.57. The van der Waals surface area contributed by atoms with Crippen LogP contribution in [0.1, 0.15) is 43.9 Å². The fourth-order valence-corrected chi connectivity index (χ4v) is 5.46. The third-order valence-corrected chi connectivity index (χ3v) is 8.22. The van der Waals surface area contributed by atoms with Gasteiger partial charge in [0.2, 0.25) is 29.5 Å². The van der Waals surface area contributed by atoms with E-state index in [-0.39, 0.29) is 42.2 Å². The fraction of sp³-hybridized carbons (Fsp3) is 0.308. The molecular weight excluding hydrogens is 696 g/mol. The summed E-state index contributed by atoms with van der Waals surface area (Å²) in [4.78, 5) is 92.7. The lowest BCUT2D eigenvalue weighted by Gasteiger charge is -2.24. The predicted octanol–water partition coefficient (Wildman–Crippen LogP) is 1.64. The second-order valence-corrected chi connectivity index (χ2v) is 13.1. The van der Waals surface area contributed by atoms with Crippen molar-refractivity contribution in [1.29, 1.82) is 0 Å². The second kappa shape index (κ2) is 19.4. The number of imide groups is 1. The molecule has 1 heterocycles. The minimum Gasteiger partial charge on any atom is -0.508 e. The minimum atomic E-state index is -1.29. The van der Waals surface area contributed by atoms with Crippen molar-refractivity contribution in [2.75, 3.05) is 6.54 Å². The van der Waals surface area contributed by atoms with Crippen LogP contribution in [0.5, 0.6) is 11.5 Å².